The van der Waals surface area contributed by atoms with Crippen molar-refractivity contribution >= 4 is 39.1 Å². The summed E-state index contributed by atoms with van der Waals surface area (Å²) in [4.78, 5) is 19.0. The van der Waals surface area contributed by atoms with Crippen molar-refractivity contribution in [3.63, 3.8) is 0 Å². The van der Waals surface area contributed by atoms with Gasteiger partial charge >= 0.3 is 6.03 Å². The molecular formula is C18H22N6OS. The molecule has 0 bridgehead atoms. The molecular weight excluding hydrogens is 348 g/mol. The van der Waals surface area contributed by atoms with Gasteiger partial charge in [0.1, 0.15) is 5.01 Å². The van der Waals surface area contributed by atoms with Gasteiger partial charge in [0.15, 0.2) is 5.82 Å². The highest BCUT2D eigenvalue weighted by molar-refractivity contribution is 7.18. The summed E-state index contributed by atoms with van der Waals surface area (Å²) in [6.45, 7) is 5.71. The standard InChI is InChI=1S/C18H22N6OS/c1-11-10-13(15(23-22-11)24(4)5)20-17(25)21-18(2,3)16-19-12-8-6-7-9-14(12)26-16/h6-10H,1-5H3,(H2,20,21,22,25). The number of benzene rings is 1. The highest BCUT2D eigenvalue weighted by Crippen LogP contribution is 2.30. The summed E-state index contributed by atoms with van der Waals surface area (Å²) < 4.78 is 1.10. The van der Waals surface area contributed by atoms with Crippen LogP contribution in [0.25, 0.3) is 10.2 Å². The number of carbonyl (C=O) groups excluding carboxylic acids is 1. The largest absolute Gasteiger partial charge is 0.360 e. The average molecular weight is 370 g/mol. The fourth-order valence-corrected chi connectivity index (χ4v) is 3.56. The van der Waals surface area contributed by atoms with Crippen molar-refractivity contribution in [2.45, 2.75) is 26.3 Å². The minimum atomic E-state index is -0.610. The zero-order valence-electron chi connectivity index (χ0n) is 15.5. The topological polar surface area (TPSA) is 83.0 Å². The number of amides is 2. The van der Waals surface area contributed by atoms with E-state index in [2.05, 4.69) is 25.8 Å². The lowest BCUT2D eigenvalue weighted by Gasteiger charge is -2.24. The first kappa shape index (κ1) is 18.1. The number of aryl methyl sites for hydroxylation is 1. The second-order valence-corrected chi connectivity index (χ2v) is 7.84. The van der Waals surface area contributed by atoms with Crippen molar-refractivity contribution in [3.05, 3.63) is 41.0 Å². The van der Waals surface area contributed by atoms with Crippen LogP contribution >= 0.6 is 11.3 Å². The average Bonchev–Trinajstić information content (AvgIpc) is 2.99. The minimum absolute atomic E-state index is 0.315. The Morgan fingerprint density at radius 3 is 2.62 bits per heavy atom. The molecule has 0 saturated heterocycles. The normalized spacial score (nSPS) is 11.4. The van der Waals surface area contributed by atoms with E-state index in [1.165, 1.54) is 0 Å². The Morgan fingerprint density at radius 2 is 1.92 bits per heavy atom. The van der Waals surface area contributed by atoms with Gasteiger partial charge in [-0.2, -0.15) is 5.10 Å². The predicted octanol–water partition coefficient (Wildman–Crippen LogP) is 3.52. The Kier molecular flexibility index (Phi) is 4.78. The maximum Gasteiger partial charge on any atom is 0.320 e. The zero-order chi connectivity index (χ0) is 18.9. The summed E-state index contributed by atoms with van der Waals surface area (Å²) in [5.41, 5.74) is 1.67. The molecule has 0 aliphatic carbocycles. The molecule has 8 heteroatoms. The molecule has 0 atom stereocenters. The molecule has 3 rings (SSSR count). The van der Waals surface area contributed by atoms with Crippen LogP contribution in [0.2, 0.25) is 0 Å². The number of urea groups is 1. The number of anilines is 2. The Balaban J connectivity index is 1.80. The van der Waals surface area contributed by atoms with Crippen LogP contribution in [-0.2, 0) is 5.54 Å². The van der Waals surface area contributed by atoms with Gasteiger partial charge in [-0.15, -0.1) is 16.4 Å². The highest BCUT2D eigenvalue weighted by Gasteiger charge is 2.27. The number of rotatable bonds is 4. The molecule has 3 aromatic rings. The van der Waals surface area contributed by atoms with Gasteiger partial charge in [-0.3, -0.25) is 0 Å². The molecule has 0 radical (unpaired) electrons. The number of hydrogen-bond donors (Lipinski definition) is 2. The van der Waals surface area contributed by atoms with E-state index >= 15 is 0 Å². The molecule has 2 heterocycles. The number of thiazole rings is 1. The van der Waals surface area contributed by atoms with E-state index in [0.717, 1.165) is 20.9 Å². The van der Waals surface area contributed by atoms with Crippen molar-refractivity contribution in [3.8, 4) is 0 Å². The fourth-order valence-electron chi connectivity index (χ4n) is 2.54. The first-order chi connectivity index (χ1) is 12.3. The van der Waals surface area contributed by atoms with Crippen molar-refractivity contribution in [1.29, 1.82) is 0 Å². The first-order valence-corrected chi connectivity index (χ1v) is 9.05. The summed E-state index contributed by atoms with van der Waals surface area (Å²) in [5, 5.41) is 14.9. The van der Waals surface area contributed by atoms with Crippen LogP contribution < -0.4 is 15.5 Å². The van der Waals surface area contributed by atoms with Gasteiger partial charge in [0.25, 0.3) is 0 Å². The molecule has 0 saturated carbocycles. The van der Waals surface area contributed by atoms with Crippen LogP contribution in [0.3, 0.4) is 0 Å². The van der Waals surface area contributed by atoms with E-state index in [-0.39, 0.29) is 6.03 Å². The molecule has 26 heavy (non-hydrogen) atoms. The van der Waals surface area contributed by atoms with Crippen molar-refractivity contribution < 1.29 is 4.79 Å². The van der Waals surface area contributed by atoms with Crippen LogP contribution in [0, 0.1) is 6.92 Å². The third-order valence-corrected chi connectivity index (χ3v) is 5.18. The molecule has 2 N–H and O–H groups in total. The third kappa shape index (κ3) is 3.75. The van der Waals surface area contributed by atoms with Crippen LogP contribution in [0.4, 0.5) is 16.3 Å². The van der Waals surface area contributed by atoms with Gasteiger partial charge < -0.3 is 15.5 Å². The molecule has 136 valence electrons. The molecule has 2 amide bonds. The van der Waals surface area contributed by atoms with Crippen molar-refractivity contribution in [2.75, 3.05) is 24.3 Å². The predicted molar refractivity (Wildman–Crippen MR) is 106 cm³/mol. The lowest BCUT2D eigenvalue weighted by molar-refractivity contribution is 0.242. The van der Waals surface area contributed by atoms with Gasteiger partial charge in [-0.05, 0) is 39.0 Å². The Hall–Kier alpha value is -2.74. The number of para-hydroxylation sites is 1. The zero-order valence-corrected chi connectivity index (χ0v) is 16.3. The number of aromatic nitrogens is 3. The maximum atomic E-state index is 12.6. The molecule has 0 aliphatic rings. The number of hydrogen-bond acceptors (Lipinski definition) is 6. The smallest absolute Gasteiger partial charge is 0.320 e. The van der Waals surface area contributed by atoms with Crippen LogP contribution in [0.1, 0.15) is 24.5 Å². The third-order valence-electron chi connectivity index (χ3n) is 3.82. The fraction of sp³-hybridized carbons (Fsp3) is 0.333. The number of nitrogens with zero attached hydrogens (tertiary/aromatic N) is 4. The molecule has 0 spiro atoms. The molecule has 2 aromatic heterocycles. The first-order valence-electron chi connectivity index (χ1n) is 8.23. The Morgan fingerprint density at radius 1 is 1.19 bits per heavy atom. The summed E-state index contributed by atoms with van der Waals surface area (Å²) in [6, 6.07) is 9.43. The van der Waals surface area contributed by atoms with Crippen LogP contribution in [0.15, 0.2) is 30.3 Å². The Labute approximate surface area is 156 Å². The summed E-state index contributed by atoms with van der Waals surface area (Å²) in [6.07, 6.45) is 0. The molecule has 0 unspecified atom stereocenters. The molecule has 1 aromatic carbocycles. The SMILES string of the molecule is Cc1cc(NC(=O)NC(C)(C)c2nc3ccccc3s2)c(N(C)C)nn1. The van der Waals surface area contributed by atoms with E-state index < -0.39 is 5.54 Å². The van der Waals surface area contributed by atoms with E-state index in [0.29, 0.717) is 11.5 Å². The minimum Gasteiger partial charge on any atom is -0.360 e. The van der Waals surface area contributed by atoms with Crippen LogP contribution in [0.5, 0.6) is 0 Å². The van der Waals surface area contributed by atoms with E-state index in [1.54, 1.807) is 22.3 Å². The number of carbonyl (C=O) groups is 1. The quantitative estimate of drug-likeness (QED) is 0.734. The van der Waals surface area contributed by atoms with Gasteiger partial charge in [-0.1, -0.05) is 12.1 Å². The van der Waals surface area contributed by atoms with Gasteiger partial charge in [0.05, 0.1) is 27.1 Å². The monoisotopic (exact) mass is 370 g/mol. The highest BCUT2D eigenvalue weighted by atomic mass is 32.1. The van der Waals surface area contributed by atoms with Gasteiger partial charge in [0, 0.05) is 14.1 Å². The maximum absolute atomic E-state index is 12.6. The number of nitrogens with one attached hydrogen (secondary N) is 2. The molecule has 7 nitrogen and oxygen atoms in total. The molecule has 0 aliphatic heterocycles. The summed E-state index contributed by atoms with van der Waals surface area (Å²) in [5.74, 6) is 0.601. The Bertz CT molecular complexity index is 917. The second kappa shape index (κ2) is 6.87. The second-order valence-electron chi connectivity index (χ2n) is 6.81. The van der Waals surface area contributed by atoms with Gasteiger partial charge in [-0.25, -0.2) is 9.78 Å². The van der Waals surface area contributed by atoms with E-state index in [9.17, 15) is 4.79 Å². The summed E-state index contributed by atoms with van der Waals surface area (Å²) in [7, 11) is 3.71. The lowest BCUT2D eigenvalue weighted by atomic mass is 10.1. The lowest BCUT2D eigenvalue weighted by Crippen LogP contribution is -2.43. The number of fused-ring (bicyclic) bond motifs is 1. The van der Waals surface area contributed by atoms with Crippen molar-refractivity contribution in [2.24, 2.45) is 0 Å². The molecule has 0 fully saturated rings. The van der Waals surface area contributed by atoms with Gasteiger partial charge in [0.2, 0.25) is 0 Å². The van der Waals surface area contributed by atoms with Crippen LogP contribution in [-0.4, -0.2) is 35.3 Å². The van der Waals surface area contributed by atoms with E-state index in [4.69, 9.17) is 0 Å². The van der Waals surface area contributed by atoms with Crippen molar-refractivity contribution in [1.82, 2.24) is 20.5 Å². The van der Waals surface area contributed by atoms with E-state index in [1.807, 2.05) is 59.1 Å². The summed E-state index contributed by atoms with van der Waals surface area (Å²) >= 11 is 1.58.